The fourth-order valence-electron chi connectivity index (χ4n) is 5.56. The normalized spacial score (nSPS) is 25.3. The van der Waals surface area contributed by atoms with Crippen LogP contribution < -0.4 is 0 Å². The Balaban J connectivity index is 1.56. The molecule has 1 saturated carbocycles. The van der Waals surface area contributed by atoms with Crippen molar-refractivity contribution in [2.24, 2.45) is 11.8 Å². The summed E-state index contributed by atoms with van der Waals surface area (Å²) >= 11 is 0. The summed E-state index contributed by atoms with van der Waals surface area (Å²) in [6, 6.07) is 4.06. The van der Waals surface area contributed by atoms with Gasteiger partial charge in [-0.2, -0.15) is 5.10 Å². The van der Waals surface area contributed by atoms with Crippen molar-refractivity contribution in [3.8, 4) is 5.69 Å². The molecule has 1 aromatic heterocycles. The summed E-state index contributed by atoms with van der Waals surface area (Å²) in [4.78, 5) is 26.9. The van der Waals surface area contributed by atoms with E-state index in [1.165, 1.54) is 11.0 Å². The lowest BCUT2D eigenvalue weighted by Gasteiger charge is -2.24. The van der Waals surface area contributed by atoms with Crippen LogP contribution in [0.1, 0.15) is 53.0 Å². The van der Waals surface area contributed by atoms with Crippen molar-refractivity contribution < 1.29 is 19.1 Å². The van der Waals surface area contributed by atoms with Gasteiger partial charge in [0.25, 0.3) is 5.91 Å². The van der Waals surface area contributed by atoms with E-state index in [9.17, 15) is 19.1 Å². The van der Waals surface area contributed by atoms with E-state index in [1.54, 1.807) is 16.8 Å². The average Bonchev–Trinajstić information content (AvgIpc) is 3.42. The Morgan fingerprint density at radius 3 is 2.83 bits per heavy atom. The summed E-state index contributed by atoms with van der Waals surface area (Å²) in [6.45, 7) is 2.36. The lowest BCUT2D eigenvalue weighted by atomic mass is 9.94. The highest BCUT2D eigenvalue weighted by atomic mass is 19.1. The first-order valence-electron chi connectivity index (χ1n) is 10.4. The largest absolute Gasteiger partial charge is 0.480 e. The molecule has 2 aromatic rings. The highest BCUT2D eigenvalue weighted by Gasteiger charge is 2.50. The number of hydrogen-bond acceptors (Lipinski definition) is 3. The molecule has 1 saturated heterocycles. The first-order valence-corrected chi connectivity index (χ1v) is 10.4. The van der Waals surface area contributed by atoms with Gasteiger partial charge in [-0.05, 0) is 68.6 Å². The fraction of sp³-hybridized carbons (Fsp3) is 0.500. The first kappa shape index (κ1) is 18.3. The molecule has 2 fully saturated rings. The predicted octanol–water partition coefficient (Wildman–Crippen LogP) is 3.13. The SMILES string of the molecule is Cc1ccc(F)c(-n2nc(C(=O)N3CC4CCCC4C3C(=O)O)c3c2CCC3)c1. The Hall–Kier alpha value is -2.70. The van der Waals surface area contributed by atoms with E-state index in [2.05, 4.69) is 5.10 Å². The number of amides is 1. The summed E-state index contributed by atoms with van der Waals surface area (Å²) in [5, 5.41) is 14.3. The van der Waals surface area contributed by atoms with E-state index in [0.29, 0.717) is 24.3 Å². The van der Waals surface area contributed by atoms with Crippen LogP contribution in [0, 0.1) is 24.6 Å². The van der Waals surface area contributed by atoms with Crippen LogP contribution in [0.15, 0.2) is 18.2 Å². The molecule has 3 aliphatic rings. The van der Waals surface area contributed by atoms with Gasteiger partial charge in [0, 0.05) is 17.8 Å². The number of likely N-dealkylation sites (tertiary alicyclic amines) is 1. The van der Waals surface area contributed by atoms with E-state index >= 15 is 0 Å². The lowest BCUT2D eigenvalue weighted by Crippen LogP contribution is -2.43. The molecule has 3 unspecified atom stereocenters. The maximum atomic E-state index is 14.5. The Morgan fingerprint density at radius 2 is 2.03 bits per heavy atom. The zero-order chi connectivity index (χ0) is 20.3. The molecular weight excluding hydrogens is 373 g/mol. The van der Waals surface area contributed by atoms with Gasteiger partial charge in [0.1, 0.15) is 17.5 Å². The quantitative estimate of drug-likeness (QED) is 0.863. The minimum atomic E-state index is -0.937. The number of fused-ring (bicyclic) bond motifs is 2. The van der Waals surface area contributed by atoms with E-state index in [0.717, 1.165) is 48.9 Å². The van der Waals surface area contributed by atoms with E-state index < -0.39 is 12.0 Å². The van der Waals surface area contributed by atoms with Crippen LogP contribution >= 0.6 is 0 Å². The molecule has 0 radical (unpaired) electrons. The van der Waals surface area contributed by atoms with Crippen LogP contribution in [-0.2, 0) is 17.6 Å². The minimum Gasteiger partial charge on any atom is -0.480 e. The van der Waals surface area contributed by atoms with Gasteiger partial charge in [0.2, 0.25) is 0 Å². The average molecular weight is 397 g/mol. The van der Waals surface area contributed by atoms with Gasteiger partial charge in [-0.3, -0.25) is 4.79 Å². The van der Waals surface area contributed by atoms with E-state index in [4.69, 9.17) is 0 Å². The molecule has 1 N–H and O–H groups in total. The van der Waals surface area contributed by atoms with Crippen molar-refractivity contribution >= 4 is 11.9 Å². The van der Waals surface area contributed by atoms with Crippen molar-refractivity contribution in [3.63, 3.8) is 0 Å². The standard InChI is InChI=1S/C22H24FN3O3/c1-12-8-9-16(23)18(10-12)26-17-7-3-6-15(17)19(24-26)21(27)25-11-13-4-2-5-14(13)20(25)22(28)29/h8-10,13-14,20H,2-7,11H2,1H3,(H,28,29). The second-order valence-corrected chi connectivity index (χ2v) is 8.59. The van der Waals surface area contributed by atoms with Gasteiger partial charge >= 0.3 is 5.97 Å². The molecule has 29 heavy (non-hydrogen) atoms. The number of carboxylic acids is 1. The smallest absolute Gasteiger partial charge is 0.326 e. The molecule has 1 aromatic carbocycles. The number of halogens is 1. The van der Waals surface area contributed by atoms with Gasteiger partial charge in [-0.25, -0.2) is 13.9 Å². The second kappa shape index (κ2) is 6.68. The maximum absolute atomic E-state index is 14.5. The van der Waals surface area contributed by atoms with Gasteiger partial charge in [-0.15, -0.1) is 0 Å². The number of rotatable bonds is 3. The van der Waals surface area contributed by atoms with Crippen LogP contribution in [0.2, 0.25) is 0 Å². The number of aromatic nitrogens is 2. The number of aryl methyl sites for hydroxylation is 1. The van der Waals surface area contributed by atoms with Gasteiger partial charge in [-0.1, -0.05) is 12.5 Å². The number of carboxylic acid groups (broad SMARTS) is 1. The first-order chi connectivity index (χ1) is 14.0. The monoisotopic (exact) mass is 397 g/mol. The van der Waals surface area contributed by atoms with Crippen molar-refractivity contribution in [2.75, 3.05) is 6.54 Å². The van der Waals surface area contributed by atoms with Crippen molar-refractivity contribution in [3.05, 3.63) is 46.5 Å². The summed E-state index contributed by atoms with van der Waals surface area (Å²) in [6.07, 6.45) is 5.18. The summed E-state index contributed by atoms with van der Waals surface area (Å²) < 4.78 is 16.1. The molecule has 5 rings (SSSR count). The van der Waals surface area contributed by atoms with E-state index in [1.807, 2.05) is 6.92 Å². The zero-order valence-corrected chi connectivity index (χ0v) is 16.4. The van der Waals surface area contributed by atoms with Crippen molar-refractivity contribution in [2.45, 2.75) is 51.5 Å². The van der Waals surface area contributed by atoms with Crippen LogP contribution in [0.4, 0.5) is 4.39 Å². The van der Waals surface area contributed by atoms with Crippen LogP contribution in [0.3, 0.4) is 0 Å². The predicted molar refractivity (Wildman–Crippen MR) is 104 cm³/mol. The fourth-order valence-corrected chi connectivity index (χ4v) is 5.56. The third-order valence-electron chi connectivity index (χ3n) is 6.87. The number of carbonyl (C=O) groups excluding carboxylic acids is 1. The third kappa shape index (κ3) is 2.78. The Bertz CT molecular complexity index is 1010. The number of aliphatic carboxylic acids is 1. The topological polar surface area (TPSA) is 75.4 Å². The Morgan fingerprint density at radius 1 is 1.21 bits per heavy atom. The molecule has 152 valence electrons. The lowest BCUT2D eigenvalue weighted by molar-refractivity contribution is -0.142. The number of hydrogen-bond donors (Lipinski definition) is 1. The highest BCUT2D eigenvalue weighted by Crippen LogP contribution is 2.43. The minimum absolute atomic E-state index is 0.0285. The highest BCUT2D eigenvalue weighted by molar-refractivity contribution is 5.97. The molecule has 0 bridgehead atoms. The van der Waals surface area contributed by atoms with Gasteiger partial charge < -0.3 is 10.0 Å². The third-order valence-corrected chi connectivity index (χ3v) is 6.87. The van der Waals surface area contributed by atoms with Crippen LogP contribution in [0.5, 0.6) is 0 Å². The number of benzene rings is 1. The number of nitrogens with zero attached hydrogens (tertiary/aromatic N) is 3. The molecule has 6 nitrogen and oxygen atoms in total. The summed E-state index contributed by atoms with van der Waals surface area (Å²) in [5.41, 5.74) is 3.26. The summed E-state index contributed by atoms with van der Waals surface area (Å²) in [5.74, 6) is -1.36. The second-order valence-electron chi connectivity index (χ2n) is 8.59. The van der Waals surface area contributed by atoms with Gasteiger partial charge in [0.15, 0.2) is 5.69 Å². The van der Waals surface area contributed by atoms with Crippen molar-refractivity contribution in [1.29, 1.82) is 0 Å². The molecule has 0 spiro atoms. The van der Waals surface area contributed by atoms with E-state index in [-0.39, 0.29) is 23.6 Å². The van der Waals surface area contributed by atoms with Crippen LogP contribution in [-0.4, -0.2) is 44.3 Å². The van der Waals surface area contributed by atoms with Crippen molar-refractivity contribution in [1.82, 2.24) is 14.7 Å². The molecular formula is C22H24FN3O3. The Kier molecular flexibility index (Phi) is 4.22. The summed E-state index contributed by atoms with van der Waals surface area (Å²) in [7, 11) is 0. The molecule has 1 aliphatic heterocycles. The van der Waals surface area contributed by atoms with Crippen LogP contribution in [0.25, 0.3) is 5.69 Å². The molecule has 7 heteroatoms. The maximum Gasteiger partial charge on any atom is 0.326 e. The molecule has 2 aliphatic carbocycles. The number of carbonyl (C=O) groups is 2. The zero-order valence-electron chi connectivity index (χ0n) is 16.4. The molecule has 2 heterocycles. The molecule has 3 atom stereocenters. The molecule has 1 amide bonds. The van der Waals surface area contributed by atoms with Gasteiger partial charge in [0.05, 0.1) is 0 Å². The Labute approximate surface area is 168 Å².